The van der Waals surface area contributed by atoms with Crippen LogP contribution in [0.3, 0.4) is 0 Å². The molecule has 3 N–H and O–H groups in total. The average Bonchev–Trinajstić information content (AvgIpc) is 2.65. The van der Waals surface area contributed by atoms with Crippen LogP contribution in [0, 0.1) is 5.82 Å². The van der Waals surface area contributed by atoms with E-state index < -0.39 is 5.82 Å². The first-order valence-electron chi connectivity index (χ1n) is 6.37. The number of benzene rings is 1. The van der Waals surface area contributed by atoms with Gasteiger partial charge in [-0.05, 0) is 31.0 Å². The Kier molecular flexibility index (Phi) is 3.87. The largest absolute Gasteiger partial charge is 0.507 e. The van der Waals surface area contributed by atoms with E-state index in [4.69, 9.17) is 5.73 Å². The molecule has 1 aromatic heterocycles. The molecule has 0 aliphatic heterocycles. The van der Waals surface area contributed by atoms with Crippen molar-refractivity contribution in [3.63, 3.8) is 0 Å². The number of aromatic hydroxyl groups is 1. The summed E-state index contributed by atoms with van der Waals surface area (Å²) in [7, 11) is 0. The quantitative estimate of drug-likeness (QED) is 0.857. The molecule has 0 spiro atoms. The van der Waals surface area contributed by atoms with E-state index in [1.807, 2.05) is 10.8 Å². The average molecular weight is 250 g/mol. The molecule has 0 bridgehead atoms. The Balaban J connectivity index is 2.56. The van der Waals surface area contributed by atoms with Crippen molar-refractivity contribution in [3.05, 3.63) is 29.7 Å². The van der Waals surface area contributed by atoms with Gasteiger partial charge in [-0.15, -0.1) is 0 Å². The zero-order valence-electron chi connectivity index (χ0n) is 10.6. The van der Waals surface area contributed by atoms with Crippen LogP contribution in [-0.2, 0) is 13.0 Å². The zero-order valence-corrected chi connectivity index (χ0v) is 10.6. The molecule has 0 unspecified atom stereocenters. The van der Waals surface area contributed by atoms with E-state index in [0.29, 0.717) is 13.0 Å². The number of fused-ring (bicyclic) bond motifs is 1. The Labute approximate surface area is 106 Å². The van der Waals surface area contributed by atoms with Gasteiger partial charge < -0.3 is 15.4 Å². The first-order chi connectivity index (χ1) is 8.67. The van der Waals surface area contributed by atoms with Crippen LogP contribution in [0.25, 0.3) is 10.9 Å². The SMILES string of the molecule is CCCCn1cc(CCN)c2c(O)cc(F)cc21. The number of nitrogens with zero attached hydrogens (tertiary/aromatic N) is 1. The molecule has 0 saturated heterocycles. The van der Waals surface area contributed by atoms with E-state index in [1.54, 1.807) is 0 Å². The second kappa shape index (κ2) is 5.40. The second-order valence-electron chi connectivity index (χ2n) is 4.56. The molecule has 2 aromatic rings. The predicted molar refractivity (Wildman–Crippen MR) is 71.2 cm³/mol. The van der Waals surface area contributed by atoms with Crippen LogP contribution in [0.15, 0.2) is 18.3 Å². The number of unbranched alkanes of at least 4 members (excludes halogenated alkanes) is 1. The number of aryl methyl sites for hydroxylation is 1. The molecule has 0 aliphatic carbocycles. The third-order valence-electron chi connectivity index (χ3n) is 3.17. The summed E-state index contributed by atoms with van der Waals surface area (Å²) in [5.74, 6) is -0.404. The van der Waals surface area contributed by atoms with Gasteiger partial charge in [-0.2, -0.15) is 0 Å². The molecule has 0 radical (unpaired) electrons. The van der Waals surface area contributed by atoms with Crippen LogP contribution in [-0.4, -0.2) is 16.2 Å². The highest BCUT2D eigenvalue weighted by atomic mass is 19.1. The fraction of sp³-hybridized carbons (Fsp3) is 0.429. The van der Waals surface area contributed by atoms with Crippen molar-refractivity contribution in [2.24, 2.45) is 5.73 Å². The highest BCUT2D eigenvalue weighted by Crippen LogP contribution is 2.31. The minimum atomic E-state index is -0.407. The fourth-order valence-corrected chi connectivity index (χ4v) is 2.31. The first-order valence-corrected chi connectivity index (χ1v) is 6.37. The van der Waals surface area contributed by atoms with E-state index in [9.17, 15) is 9.50 Å². The maximum Gasteiger partial charge on any atom is 0.129 e. The summed E-state index contributed by atoms with van der Waals surface area (Å²) in [5, 5.41) is 10.6. The molecule has 18 heavy (non-hydrogen) atoms. The minimum Gasteiger partial charge on any atom is -0.507 e. The van der Waals surface area contributed by atoms with Crippen molar-refractivity contribution in [1.82, 2.24) is 4.57 Å². The number of halogens is 1. The highest BCUT2D eigenvalue weighted by Gasteiger charge is 2.13. The summed E-state index contributed by atoms with van der Waals surface area (Å²) in [5.41, 5.74) is 7.32. The molecule has 98 valence electrons. The summed E-state index contributed by atoms with van der Waals surface area (Å²) in [6.45, 7) is 3.47. The van der Waals surface area contributed by atoms with Crippen molar-refractivity contribution in [1.29, 1.82) is 0 Å². The van der Waals surface area contributed by atoms with Gasteiger partial charge in [-0.1, -0.05) is 13.3 Å². The number of phenols is 1. The van der Waals surface area contributed by atoms with Crippen LogP contribution in [0.4, 0.5) is 4.39 Å². The van der Waals surface area contributed by atoms with E-state index in [0.717, 1.165) is 41.9 Å². The van der Waals surface area contributed by atoms with Crippen LogP contribution in [0.2, 0.25) is 0 Å². The molecule has 3 nitrogen and oxygen atoms in total. The normalized spacial score (nSPS) is 11.3. The third kappa shape index (κ3) is 2.34. The zero-order chi connectivity index (χ0) is 13.1. The Hall–Kier alpha value is -1.55. The highest BCUT2D eigenvalue weighted by molar-refractivity contribution is 5.89. The topological polar surface area (TPSA) is 51.2 Å². The number of rotatable bonds is 5. The minimum absolute atomic E-state index is 0.00342. The van der Waals surface area contributed by atoms with Gasteiger partial charge in [-0.25, -0.2) is 4.39 Å². The molecule has 0 fully saturated rings. The molecule has 4 heteroatoms. The van der Waals surface area contributed by atoms with Crippen molar-refractivity contribution in [3.8, 4) is 5.75 Å². The molecule has 0 atom stereocenters. The molecule has 0 aliphatic rings. The van der Waals surface area contributed by atoms with Gasteiger partial charge in [0.25, 0.3) is 0 Å². The van der Waals surface area contributed by atoms with E-state index in [-0.39, 0.29) is 5.75 Å². The summed E-state index contributed by atoms with van der Waals surface area (Å²) in [6, 6.07) is 2.64. The van der Waals surface area contributed by atoms with E-state index in [1.165, 1.54) is 6.07 Å². The number of nitrogens with two attached hydrogens (primary N) is 1. The summed E-state index contributed by atoms with van der Waals surface area (Å²) >= 11 is 0. The van der Waals surface area contributed by atoms with Crippen LogP contribution in [0.1, 0.15) is 25.3 Å². The molecule has 1 aromatic carbocycles. The Morgan fingerprint density at radius 1 is 1.39 bits per heavy atom. The molecular formula is C14H19FN2O. The summed E-state index contributed by atoms with van der Waals surface area (Å²) < 4.78 is 15.4. The van der Waals surface area contributed by atoms with Gasteiger partial charge in [-0.3, -0.25) is 0 Å². The lowest BCUT2D eigenvalue weighted by Crippen LogP contribution is -2.02. The van der Waals surface area contributed by atoms with Crippen LogP contribution in [0.5, 0.6) is 5.75 Å². The smallest absolute Gasteiger partial charge is 0.129 e. The van der Waals surface area contributed by atoms with Crippen molar-refractivity contribution in [2.75, 3.05) is 6.54 Å². The maximum absolute atomic E-state index is 13.4. The van der Waals surface area contributed by atoms with Crippen LogP contribution >= 0.6 is 0 Å². The van der Waals surface area contributed by atoms with Gasteiger partial charge in [0, 0.05) is 24.2 Å². The van der Waals surface area contributed by atoms with Gasteiger partial charge in [0.15, 0.2) is 0 Å². The standard InChI is InChI=1S/C14H19FN2O/c1-2-3-6-17-9-10(4-5-16)14-12(17)7-11(15)8-13(14)18/h7-9,18H,2-6,16H2,1H3. The number of phenolic OH excluding ortho intramolecular Hbond substituents is 1. The van der Waals surface area contributed by atoms with Gasteiger partial charge in [0.05, 0.1) is 5.52 Å². The van der Waals surface area contributed by atoms with E-state index >= 15 is 0 Å². The number of aromatic nitrogens is 1. The van der Waals surface area contributed by atoms with Gasteiger partial charge in [0.1, 0.15) is 11.6 Å². The molecule has 0 saturated carbocycles. The molecular weight excluding hydrogens is 231 g/mol. The Bertz CT molecular complexity index is 548. The fourth-order valence-electron chi connectivity index (χ4n) is 2.31. The van der Waals surface area contributed by atoms with E-state index in [2.05, 4.69) is 6.92 Å². The summed E-state index contributed by atoms with van der Waals surface area (Å²) in [6.07, 6.45) is 4.78. The lowest BCUT2D eigenvalue weighted by Gasteiger charge is -2.04. The molecule has 0 amide bonds. The predicted octanol–water partition coefficient (Wildman–Crippen LogP) is 2.79. The summed E-state index contributed by atoms with van der Waals surface area (Å²) in [4.78, 5) is 0. The van der Waals surface area contributed by atoms with Crippen molar-refractivity contribution < 1.29 is 9.50 Å². The maximum atomic E-state index is 13.4. The Morgan fingerprint density at radius 2 is 2.17 bits per heavy atom. The van der Waals surface area contributed by atoms with Gasteiger partial charge >= 0.3 is 0 Å². The van der Waals surface area contributed by atoms with Crippen molar-refractivity contribution in [2.45, 2.75) is 32.7 Å². The monoisotopic (exact) mass is 250 g/mol. The Morgan fingerprint density at radius 3 is 2.83 bits per heavy atom. The third-order valence-corrected chi connectivity index (χ3v) is 3.17. The lowest BCUT2D eigenvalue weighted by atomic mass is 10.1. The second-order valence-corrected chi connectivity index (χ2v) is 4.56. The molecule has 2 rings (SSSR count). The van der Waals surface area contributed by atoms with Gasteiger partial charge in [0.2, 0.25) is 0 Å². The number of hydrogen-bond donors (Lipinski definition) is 2. The lowest BCUT2D eigenvalue weighted by molar-refractivity contribution is 0.475. The van der Waals surface area contributed by atoms with Crippen LogP contribution < -0.4 is 5.73 Å². The molecule has 1 heterocycles. The van der Waals surface area contributed by atoms with Crippen molar-refractivity contribution >= 4 is 10.9 Å². The first kappa shape index (κ1) is 12.9. The number of hydrogen-bond acceptors (Lipinski definition) is 2.